The molecule has 1 saturated heterocycles. The van der Waals surface area contributed by atoms with Crippen LogP contribution < -0.4 is 5.32 Å². The minimum atomic E-state index is 0.611. The average Bonchev–Trinajstić information content (AvgIpc) is 2.90. The van der Waals surface area contributed by atoms with Gasteiger partial charge < -0.3 is 10.1 Å². The van der Waals surface area contributed by atoms with Crippen LogP contribution in [0.5, 0.6) is 0 Å². The normalized spacial score (nSPS) is 15.4. The molecule has 3 heterocycles. The molecule has 0 aromatic carbocycles. The van der Waals surface area contributed by atoms with Gasteiger partial charge in [-0.3, -0.25) is 4.90 Å². The van der Waals surface area contributed by atoms with Crippen LogP contribution in [0.25, 0.3) is 10.2 Å². The number of hydrogen-bond donors (Lipinski definition) is 1. The lowest BCUT2D eigenvalue weighted by Gasteiger charge is -2.25. The quantitative estimate of drug-likeness (QED) is 0.765. The van der Waals surface area contributed by atoms with E-state index in [-0.39, 0.29) is 0 Å². The van der Waals surface area contributed by atoms with Crippen molar-refractivity contribution in [2.75, 3.05) is 38.2 Å². The standard InChI is InChI=1S/C18H25N5OS/c1-13-14(2)25-18-16(13)17(20-7-5-3-4-6-19)21-15(22-18)12-23-8-10-24-11-9-23/h3-5,7-12H2,1-2H3,(H,20,21,22). The summed E-state index contributed by atoms with van der Waals surface area (Å²) >= 11 is 1.74. The molecule has 0 atom stereocenters. The summed E-state index contributed by atoms with van der Waals surface area (Å²) in [4.78, 5) is 14.3. The molecule has 25 heavy (non-hydrogen) atoms. The second-order valence-corrected chi connectivity index (χ2v) is 7.59. The van der Waals surface area contributed by atoms with Crippen molar-refractivity contribution in [3.63, 3.8) is 0 Å². The highest BCUT2D eigenvalue weighted by Gasteiger charge is 2.17. The predicted molar refractivity (Wildman–Crippen MR) is 101 cm³/mol. The molecule has 7 heteroatoms. The van der Waals surface area contributed by atoms with Gasteiger partial charge in [0.25, 0.3) is 0 Å². The van der Waals surface area contributed by atoms with Gasteiger partial charge in [0.2, 0.25) is 0 Å². The van der Waals surface area contributed by atoms with Gasteiger partial charge in [-0.25, -0.2) is 9.97 Å². The molecule has 1 aliphatic rings. The molecule has 134 valence electrons. The van der Waals surface area contributed by atoms with Crippen LogP contribution in [0.15, 0.2) is 0 Å². The Labute approximate surface area is 152 Å². The van der Waals surface area contributed by atoms with Crippen molar-refractivity contribution < 1.29 is 4.74 Å². The van der Waals surface area contributed by atoms with E-state index in [1.54, 1.807) is 11.3 Å². The Morgan fingerprint density at radius 2 is 2.04 bits per heavy atom. The third kappa shape index (κ3) is 4.46. The van der Waals surface area contributed by atoms with Crippen LogP contribution in [0.4, 0.5) is 5.82 Å². The number of unbranched alkanes of at least 4 members (excludes halogenated alkanes) is 2. The van der Waals surface area contributed by atoms with E-state index < -0.39 is 0 Å². The summed E-state index contributed by atoms with van der Waals surface area (Å²) in [5.74, 6) is 1.81. The Morgan fingerprint density at radius 3 is 2.80 bits per heavy atom. The topological polar surface area (TPSA) is 74.1 Å². The highest BCUT2D eigenvalue weighted by Crippen LogP contribution is 2.33. The number of aryl methyl sites for hydroxylation is 2. The van der Waals surface area contributed by atoms with Crippen LogP contribution in [-0.4, -0.2) is 47.7 Å². The third-order valence-corrected chi connectivity index (χ3v) is 5.65. The van der Waals surface area contributed by atoms with Crippen LogP contribution in [0, 0.1) is 25.2 Å². The molecule has 2 aromatic heterocycles. The number of aromatic nitrogens is 2. The first-order valence-corrected chi connectivity index (χ1v) is 9.68. The van der Waals surface area contributed by atoms with Gasteiger partial charge in [-0.2, -0.15) is 5.26 Å². The molecule has 2 aromatic rings. The van der Waals surface area contributed by atoms with Gasteiger partial charge in [0.05, 0.1) is 31.2 Å². The fraction of sp³-hybridized carbons (Fsp3) is 0.611. The molecule has 0 radical (unpaired) electrons. The second kappa shape index (κ2) is 8.56. The molecular formula is C18H25N5OS. The molecule has 0 aliphatic carbocycles. The van der Waals surface area contributed by atoms with E-state index in [1.807, 2.05) is 0 Å². The molecule has 0 unspecified atom stereocenters. The molecule has 0 saturated carbocycles. The molecule has 0 spiro atoms. The van der Waals surface area contributed by atoms with Gasteiger partial charge in [-0.1, -0.05) is 0 Å². The molecule has 3 rings (SSSR count). The molecule has 1 fully saturated rings. The Kier molecular flexibility index (Phi) is 6.19. The number of thiophene rings is 1. The predicted octanol–water partition coefficient (Wildman–Crippen LogP) is 3.25. The highest BCUT2D eigenvalue weighted by molar-refractivity contribution is 7.18. The summed E-state index contributed by atoms with van der Waals surface area (Å²) in [7, 11) is 0. The van der Waals surface area contributed by atoms with E-state index in [0.717, 1.165) is 74.1 Å². The van der Waals surface area contributed by atoms with Crippen molar-refractivity contribution >= 4 is 27.4 Å². The highest BCUT2D eigenvalue weighted by atomic mass is 32.1. The van der Waals surface area contributed by atoms with E-state index in [4.69, 9.17) is 20.0 Å². The van der Waals surface area contributed by atoms with E-state index in [9.17, 15) is 0 Å². The zero-order chi connectivity index (χ0) is 17.6. The van der Waals surface area contributed by atoms with Crippen LogP contribution in [0.1, 0.15) is 35.5 Å². The summed E-state index contributed by atoms with van der Waals surface area (Å²) in [6.07, 6.45) is 2.50. The molecule has 1 aliphatic heterocycles. The maximum absolute atomic E-state index is 8.65. The van der Waals surface area contributed by atoms with Gasteiger partial charge in [0.15, 0.2) is 0 Å². The van der Waals surface area contributed by atoms with E-state index in [2.05, 4.69) is 30.1 Å². The van der Waals surface area contributed by atoms with Crippen molar-refractivity contribution in [1.29, 1.82) is 5.26 Å². The van der Waals surface area contributed by atoms with Gasteiger partial charge >= 0.3 is 0 Å². The molecule has 0 amide bonds. The zero-order valence-electron chi connectivity index (χ0n) is 15.0. The summed E-state index contributed by atoms with van der Waals surface area (Å²) in [5, 5.41) is 13.3. The maximum atomic E-state index is 8.65. The minimum absolute atomic E-state index is 0.611. The van der Waals surface area contributed by atoms with Crippen molar-refractivity contribution in [3.05, 3.63) is 16.3 Å². The van der Waals surface area contributed by atoms with Crippen LogP contribution >= 0.6 is 11.3 Å². The van der Waals surface area contributed by atoms with E-state index in [0.29, 0.717) is 6.42 Å². The van der Waals surface area contributed by atoms with Crippen LogP contribution in [0.3, 0.4) is 0 Å². The first-order valence-electron chi connectivity index (χ1n) is 8.86. The first kappa shape index (κ1) is 18.1. The van der Waals surface area contributed by atoms with Gasteiger partial charge in [-0.15, -0.1) is 11.3 Å². The summed E-state index contributed by atoms with van der Waals surface area (Å²) < 4.78 is 5.42. The molecule has 6 nitrogen and oxygen atoms in total. The summed E-state index contributed by atoms with van der Waals surface area (Å²) in [5.41, 5.74) is 1.26. The van der Waals surface area contributed by atoms with Gasteiger partial charge in [0.1, 0.15) is 16.5 Å². The molecule has 0 bridgehead atoms. The third-order valence-electron chi connectivity index (χ3n) is 4.55. The Hall–Kier alpha value is -1.75. The van der Waals surface area contributed by atoms with Gasteiger partial charge in [0, 0.05) is 30.9 Å². The fourth-order valence-corrected chi connectivity index (χ4v) is 4.04. The van der Waals surface area contributed by atoms with Crippen LogP contribution in [-0.2, 0) is 11.3 Å². The van der Waals surface area contributed by atoms with Crippen LogP contribution in [0.2, 0.25) is 0 Å². The number of morpholine rings is 1. The molecule has 1 N–H and O–H groups in total. The van der Waals surface area contributed by atoms with Crippen molar-refractivity contribution in [3.8, 4) is 6.07 Å². The summed E-state index contributed by atoms with van der Waals surface area (Å²) in [6, 6.07) is 2.20. The Balaban J connectivity index is 1.79. The van der Waals surface area contributed by atoms with Crippen molar-refractivity contribution in [2.24, 2.45) is 0 Å². The number of rotatable bonds is 7. The van der Waals surface area contributed by atoms with E-state index in [1.165, 1.54) is 10.4 Å². The number of nitrogens with zero attached hydrogens (tertiary/aromatic N) is 4. The summed E-state index contributed by atoms with van der Waals surface area (Å²) in [6.45, 7) is 9.30. The number of hydrogen-bond acceptors (Lipinski definition) is 7. The number of fused-ring (bicyclic) bond motifs is 1. The monoisotopic (exact) mass is 359 g/mol. The minimum Gasteiger partial charge on any atom is -0.379 e. The maximum Gasteiger partial charge on any atom is 0.146 e. The number of nitriles is 1. The lowest BCUT2D eigenvalue weighted by molar-refractivity contribution is 0.0331. The largest absolute Gasteiger partial charge is 0.379 e. The lowest BCUT2D eigenvalue weighted by atomic mass is 10.2. The smallest absolute Gasteiger partial charge is 0.146 e. The van der Waals surface area contributed by atoms with Gasteiger partial charge in [-0.05, 0) is 32.3 Å². The lowest BCUT2D eigenvalue weighted by Crippen LogP contribution is -2.36. The molecular weight excluding hydrogens is 334 g/mol. The Bertz CT molecular complexity index is 761. The number of anilines is 1. The van der Waals surface area contributed by atoms with Crippen molar-refractivity contribution in [2.45, 2.75) is 39.7 Å². The Morgan fingerprint density at radius 1 is 1.24 bits per heavy atom. The zero-order valence-corrected chi connectivity index (χ0v) is 15.8. The second-order valence-electron chi connectivity index (χ2n) is 6.38. The van der Waals surface area contributed by atoms with E-state index >= 15 is 0 Å². The number of ether oxygens (including phenoxy) is 1. The number of nitrogens with one attached hydrogen (secondary N) is 1. The SMILES string of the molecule is Cc1sc2nc(CN3CCOCC3)nc(NCCCCC#N)c2c1C. The van der Waals surface area contributed by atoms with Crippen molar-refractivity contribution in [1.82, 2.24) is 14.9 Å². The average molecular weight is 359 g/mol. The first-order chi connectivity index (χ1) is 12.2. The fourth-order valence-electron chi connectivity index (χ4n) is 2.99.